The van der Waals surface area contributed by atoms with Gasteiger partial charge in [0, 0.05) is 0 Å². The van der Waals surface area contributed by atoms with Crippen molar-refractivity contribution in [3.05, 3.63) is 0 Å². The number of alkyl halides is 8. The maximum Gasteiger partial charge on any atom is 0.403 e. The Labute approximate surface area is 73.7 Å². The fraction of sp³-hybridized carbons (Fsp3) is 1.00. The molecule has 0 aromatic heterocycles. The molecule has 0 fully saturated rings. The molecule has 0 N–H and O–H groups in total. The lowest BCUT2D eigenvalue weighted by atomic mass is 10.0. The molecule has 0 nitrogen and oxygen atoms in total. The zero-order chi connectivity index (χ0) is 10.9. The second-order valence-corrected chi connectivity index (χ2v) is 2.52. The van der Waals surface area contributed by atoms with E-state index in [-0.39, 0.29) is 0 Å². The second-order valence-electron chi connectivity index (χ2n) is 2.25. The van der Waals surface area contributed by atoms with Gasteiger partial charge in [-0.3, -0.25) is 0 Å². The number of hydrogen-bond donors (Lipinski definition) is 0. The van der Waals surface area contributed by atoms with Gasteiger partial charge in [0.15, 0.2) is 5.92 Å². The molecule has 1 unspecified atom stereocenters. The maximum atomic E-state index is 12.2. The van der Waals surface area contributed by atoms with Crippen LogP contribution in [0.4, 0.5) is 30.7 Å². The molecule has 0 bridgehead atoms. The third-order valence-corrected chi connectivity index (χ3v) is 1.59. The molecule has 8 heteroatoms. The summed E-state index contributed by atoms with van der Waals surface area (Å²) in [4.78, 5) is 0. The van der Waals surface area contributed by atoms with Gasteiger partial charge in [0.1, 0.15) is 0 Å². The summed E-state index contributed by atoms with van der Waals surface area (Å²) in [7, 11) is 0. The number of hydrogen-bond acceptors (Lipinski definition) is 0. The van der Waals surface area contributed by atoms with Crippen LogP contribution in [0.5, 0.6) is 0 Å². The minimum Gasteiger partial charge on any atom is -0.210 e. The summed E-state index contributed by atoms with van der Waals surface area (Å²) in [5, 5.41) is 0. The van der Waals surface area contributed by atoms with Gasteiger partial charge in [0.25, 0.3) is 12.3 Å². The average Bonchev–Trinajstić information content (AvgIpc) is 1.82. The zero-order valence-electron chi connectivity index (χ0n) is 5.89. The summed E-state index contributed by atoms with van der Waals surface area (Å²) in [6, 6.07) is 0. The first-order chi connectivity index (χ1) is 5.63. The largest absolute Gasteiger partial charge is 0.403 e. The molecule has 80 valence electrons. The van der Waals surface area contributed by atoms with E-state index in [2.05, 4.69) is 11.6 Å². The first-order valence-corrected chi connectivity index (χ1v) is 3.45. The van der Waals surface area contributed by atoms with Crippen molar-refractivity contribution in [2.75, 3.05) is 5.88 Å². The lowest BCUT2D eigenvalue weighted by molar-refractivity contribution is -0.266. The molecule has 0 aromatic carbocycles. The third-order valence-electron chi connectivity index (χ3n) is 1.24. The lowest BCUT2D eigenvalue weighted by Gasteiger charge is -2.26. The van der Waals surface area contributed by atoms with Crippen molar-refractivity contribution >= 4 is 11.6 Å². The van der Waals surface area contributed by atoms with Gasteiger partial charge >= 0.3 is 6.18 Å². The summed E-state index contributed by atoms with van der Waals surface area (Å²) >= 11 is 4.45. The monoisotopic (exact) mass is 232 g/mol. The molecule has 0 aliphatic heterocycles. The van der Waals surface area contributed by atoms with E-state index in [1.807, 2.05) is 0 Å². The molecule has 0 aliphatic carbocycles. The van der Waals surface area contributed by atoms with E-state index in [0.717, 1.165) is 0 Å². The van der Waals surface area contributed by atoms with Crippen LogP contribution in [0.1, 0.15) is 0 Å². The van der Waals surface area contributed by atoms with Crippen LogP contribution in [0.25, 0.3) is 0 Å². The fourth-order valence-electron chi connectivity index (χ4n) is 0.650. The smallest absolute Gasteiger partial charge is 0.210 e. The molecule has 0 amide bonds. The Morgan fingerprint density at radius 1 is 1.00 bits per heavy atom. The van der Waals surface area contributed by atoms with Gasteiger partial charge in [-0.25, -0.2) is 17.6 Å². The molecule has 0 spiro atoms. The molecule has 0 saturated carbocycles. The fourth-order valence-corrected chi connectivity index (χ4v) is 0.816. The second kappa shape index (κ2) is 3.89. The van der Waals surface area contributed by atoms with Gasteiger partial charge in [-0.05, 0) is 0 Å². The van der Waals surface area contributed by atoms with Crippen LogP contribution < -0.4 is 0 Å². The molecule has 0 radical (unpaired) electrons. The summed E-state index contributed by atoms with van der Waals surface area (Å²) in [5.41, 5.74) is 0. The average molecular weight is 233 g/mol. The van der Waals surface area contributed by atoms with Crippen molar-refractivity contribution < 1.29 is 30.7 Å². The summed E-state index contributed by atoms with van der Waals surface area (Å²) < 4.78 is 82.6. The topological polar surface area (TPSA) is 0 Å². The molecular weight excluding hydrogens is 228 g/mol. The van der Waals surface area contributed by atoms with E-state index in [1.54, 1.807) is 0 Å². The first kappa shape index (κ1) is 12.8. The third kappa shape index (κ3) is 3.21. The minimum absolute atomic E-state index is 1.79. The summed E-state index contributed by atoms with van der Waals surface area (Å²) in [6.07, 6.45) is -9.85. The van der Waals surface area contributed by atoms with E-state index >= 15 is 0 Å². The Morgan fingerprint density at radius 2 is 1.38 bits per heavy atom. The Balaban J connectivity index is 4.83. The van der Waals surface area contributed by atoms with Crippen LogP contribution in [0.15, 0.2) is 0 Å². The standard InChI is InChI=1S/C5H4ClF7/c6-1-4(9,10)2(3(7)8)5(11,12)13/h2-3H,1H2. The van der Waals surface area contributed by atoms with Crippen LogP contribution in [-0.2, 0) is 0 Å². The van der Waals surface area contributed by atoms with Gasteiger partial charge in [-0.15, -0.1) is 11.6 Å². The zero-order valence-corrected chi connectivity index (χ0v) is 6.64. The van der Waals surface area contributed by atoms with E-state index in [1.165, 1.54) is 0 Å². The highest BCUT2D eigenvalue weighted by atomic mass is 35.5. The summed E-state index contributed by atoms with van der Waals surface area (Å²) in [6.45, 7) is 0. The van der Waals surface area contributed by atoms with E-state index in [4.69, 9.17) is 0 Å². The molecular formula is C5H4ClF7. The summed E-state index contributed by atoms with van der Waals surface area (Å²) in [5.74, 6) is -10.4. The maximum absolute atomic E-state index is 12.2. The van der Waals surface area contributed by atoms with E-state index < -0.39 is 30.3 Å². The Kier molecular flexibility index (Phi) is 3.83. The Hall–Kier alpha value is -0.200. The molecule has 0 heterocycles. The highest BCUT2D eigenvalue weighted by Crippen LogP contribution is 2.42. The van der Waals surface area contributed by atoms with Crippen molar-refractivity contribution in [1.82, 2.24) is 0 Å². The van der Waals surface area contributed by atoms with Crippen LogP contribution in [-0.4, -0.2) is 24.4 Å². The van der Waals surface area contributed by atoms with E-state index in [0.29, 0.717) is 0 Å². The van der Waals surface area contributed by atoms with Crippen LogP contribution in [0.2, 0.25) is 0 Å². The molecule has 1 atom stereocenters. The van der Waals surface area contributed by atoms with Crippen LogP contribution in [0.3, 0.4) is 0 Å². The van der Waals surface area contributed by atoms with Gasteiger partial charge in [0.2, 0.25) is 0 Å². The van der Waals surface area contributed by atoms with Crippen molar-refractivity contribution in [3.8, 4) is 0 Å². The first-order valence-electron chi connectivity index (χ1n) is 2.91. The van der Waals surface area contributed by atoms with Crippen molar-refractivity contribution in [2.45, 2.75) is 18.5 Å². The minimum atomic E-state index is -5.66. The van der Waals surface area contributed by atoms with Crippen molar-refractivity contribution in [2.24, 2.45) is 5.92 Å². The van der Waals surface area contributed by atoms with E-state index in [9.17, 15) is 30.7 Å². The predicted molar refractivity (Wildman–Crippen MR) is 31.2 cm³/mol. The van der Waals surface area contributed by atoms with Crippen LogP contribution >= 0.6 is 11.6 Å². The molecule has 13 heavy (non-hydrogen) atoms. The van der Waals surface area contributed by atoms with Crippen molar-refractivity contribution in [1.29, 1.82) is 0 Å². The quantitative estimate of drug-likeness (QED) is 0.517. The van der Waals surface area contributed by atoms with Gasteiger partial charge < -0.3 is 0 Å². The van der Waals surface area contributed by atoms with Crippen LogP contribution in [0, 0.1) is 5.92 Å². The highest BCUT2D eigenvalue weighted by Gasteiger charge is 2.60. The van der Waals surface area contributed by atoms with Gasteiger partial charge in [0.05, 0.1) is 5.88 Å². The normalized spacial score (nSPS) is 16.4. The van der Waals surface area contributed by atoms with Crippen molar-refractivity contribution in [3.63, 3.8) is 0 Å². The number of halogens is 8. The molecule has 0 aromatic rings. The molecule has 0 saturated heterocycles. The van der Waals surface area contributed by atoms with Gasteiger partial charge in [-0.1, -0.05) is 0 Å². The highest BCUT2D eigenvalue weighted by molar-refractivity contribution is 6.18. The Morgan fingerprint density at radius 3 is 1.46 bits per heavy atom. The SMILES string of the molecule is FC(F)C(C(F)(F)F)C(F)(F)CCl. The lowest BCUT2D eigenvalue weighted by Crippen LogP contribution is -2.45. The Bertz CT molecular complexity index is 163. The molecule has 0 rings (SSSR count). The number of rotatable bonds is 3. The predicted octanol–water partition coefficient (Wildman–Crippen LogP) is 3.30. The van der Waals surface area contributed by atoms with Gasteiger partial charge in [-0.2, -0.15) is 13.2 Å². The molecule has 0 aliphatic rings.